The summed E-state index contributed by atoms with van der Waals surface area (Å²) in [6, 6.07) is 4.17. The number of halogens is 1. The van der Waals surface area contributed by atoms with Gasteiger partial charge in [0.25, 0.3) is 0 Å². The Morgan fingerprint density at radius 2 is 2.14 bits per heavy atom. The van der Waals surface area contributed by atoms with Gasteiger partial charge in [0.1, 0.15) is 11.6 Å². The summed E-state index contributed by atoms with van der Waals surface area (Å²) in [5.74, 6) is 0.457. The predicted octanol–water partition coefficient (Wildman–Crippen LogP) is 2.05. The van der Waals surface area contributed by atoms with Crippen LogP contribution in [-0.2, 0) is 17.1 Å². The van der Waals surface area contributed by atoms with Crippen LogP contribution < -0.4 is 0 Å². The van der Waals surface area contributed by atoms with Crippen molar-refractivity contribution in [2.24, 2.45) is 7.05 Å². The molecule has 3 rings (SSSR count). The first-order chi connectivity index (χ1) is 10.4. The molecular formula is C15H18FN3O2S. The Morgan fingerprint density at radius 3 is 2.82 bits per heavy atom. The van der Waals surface area contributed by atoms with Gasteiger partial charge in [-0.15, -0.1) is 0 Å². The molecule has 2 heterocycles. The molecule has 0 radical (unpaired) electrons. The summed E-state index contributed by atoms with van der Waals surface area (Å²) in [4.78, 5) is 4.35. The van der Waals surface area contributed by atoms with Gasteiger partial charge in [-0.1, -0.05) is 6.07 Å². The number of nitrogens with zero attached hydrogens (tertiary/aromatic N) is 3. The van der Waals surface area contributed by atoms with Crippen molar-refractivity contribution in [2.45, 2.75) is 24.2 Å². The maximum absolute atomic E-state index is 13.7. The Bertz CT molecular complexity index is 801. The second-order valence-electron chi connectivity index (χ2n) is 5.61. The molecule has 22 heavy (non-hydrogen) atoms. The van der Waals surface area contributed by atoms with Crippen LogP contribution in [0.2, 0.25) is 0 Å². The molecule has 0 amide bonds. The van der Waals surface area contributed by atoms with E-state index < -0.39 is 15.8 Å². The summed E-state index contributed by atoms with van der Waals surface area (Å²) in [6.07, 6.45) is 4.28. The quantitative estimate of drug-likeness (QED) is 0.868. The van der Waals surface area contributed by atoms with E-state index in [1.165, 1.54) is 29.4 Å². The minimum absolute atomic E-state index is 0.0491. The van der Waals surface area contributed by atoms with Crippen LogP contribution in [0.4, 0.5) is 4.39 Å². The molecule has 5 nitrogen and oxygen atoms in total. The zero-order valence-electron chi connectivity index (χ0n) is 12.5. The lowest BCUT2D eigenvalue weighted by molar-refractivity contribution is 0.468. The molecule has 7 heteroatoms. The highest BCUT2D eigenvalue weighted by atomic mass is 32.2. The summed E-state index contributed by atoms with van der Waals surface area (Å²) in [7, 11) is -1.77. The minimum atomic E-state index is -3.67. The number of imidazole rings is 1. The molecule has 1 aromatic heterocycles. The molecule has 0 unspecified atom stereocenters. The smallest absolute Gasteiger partial charge is 0.243 e. The number of benzene rings is 1. The molecule has 118 valence electrons. The van der Waals surface area contributed by atoms with E-state index in [2.05, 4.69) is 4.98 Å². The summed E-state index contributed by atoms with van der Waals surface area (Å²) in [5, 5.41) is 0. The molecule has 1 aromatic carbocycles. The van der Waals surface area contributed by atoms with Crippen molar-refractivity contribution >= 4 is 10.0 Å². The average molecular weight is 323 g/mol. The number of aromatic nitrogens is 2. The van der Waals surface area contributed by atoms with Crippen LogP contribution in [-0.4, -0.2) is 35.4 Å². The van der Waals surface area contributed by atoms with Crippen LogP contribution in [0.1, 0.15) is 23.7 Å². The normalized spacial score (nSPS) is 19.7. The fraction of sp³-hybridized carbons (Fsp3) is 0.400. The number of rotatable bonds is 3. The number of hydrogen-bond acceptors (Lipinski definition) is 3. The van der Waals surface area contributed by atoms with Crippen LogP contribution in [0.15, 0.2) is 35.5 Å². The highest BCUT2D eigenvalue weighted by molar-refractivity contribution is 7.89. The van der Waals surface area contributed by atoms with E-state index in [1.807, 2.05) is 17.8 Å². The second kappa shape index (κ2) is 5.48. The zero-order chi connectivity index (χ0) is 15.9. The van der Waals surface area contributed by atoms with E-state index in [9.17, 15) is 12.8 Å². The molecule has 1 fully saturated rings. The highest BCUT2D eigenvalue weighted by Gasteiger charge is 2.35. The van der Waals surface area contributed by atoms with Gasteiger partial charge in [-0.2, -0.15) is 4.31 Å². The lowest BCUT2D eigenvalue weighted by atomic mass is 10.1. The first-order valence-electron chi connectivity index (χ1n) is 7.13. The largest absolute Gasteiger partial charge is 0.338 e. The van der Waals surface area contributed by atoms with Crippen LogP contribution in [0.3, 0.4) is 0 Å². The monoisotopic (exact) mass is 323 g/mol. The van der Waals surface area contributed by atoms with Gasteiger partial charge >= 0.3 is 0 Å². The first kappa shape index (κ1) is 15.2. The van der Waals surface area contributed by atoms with Crippen LogP contribution in [0, 0.1) is 12.7 Å². The fourth-order valence-electron chi connectivity index (χ4n) is 2.93. The van der Waals surface area contributed by atoms with Gasteiger partial charge in [-0.05, 0) is 25.5 Å². The second-order valence-corrected chi connectivity index (χ2v) is 7.51. The standard InChI is InChI=1S/C15H18FN3O2S/c1-11-13(16)4-3-5-14(11)22(20,21)19-8-6-12(10-19)15-17-7-9-18(15)2/h3-5,7,9,12H,6,8,10H2,1-2H3/t12-/m0/s1. The Hall–Kier alpha value is -1.73. The third-order valence-corrected chi connectivity index (χ3v) is 6.22. The van der Waals surface area contributed by atoms with Gasteiger partial charge in [-0.3, -0.25) is 0 Å². The molecule has 0 aliphatic carbocycles. The third-order valence-electron chi connectivity index (χ3n) is 4.21. The number of hydrogen-bond donors (Lipinski definition) is 0. The lowest BCUT2D eigenvalue weighted by Gasteiger charge is -2.18. The van der Waals surface area contributed by atoms with Crippen LogP contribution >= 0.6 is 0 Å². The summed E-state index contributed by atoms with van der Waals surface area (Å²) in [5.41, 5.74) is 0.169. The summed E-state index contributed by atoms with van der Waals surface area (Å²) in [6.45, 7) is 2.30. The topological polar surface area (TPSA) is 55.2 Å². The van der Waals surface area contributed by atoms with E-state index >= 15 is 0 Å². The maximum Gasteiger partial charge on any atom is 0.243 e. The van der Waals surface area contributed by atoms with Gasteiger partial charge < -0.3 is 4.57 Å². The number of sulfonamides is 1. The Kier molecular flexibility index (Phi) is 3.78. The minimum Gasteiger partial charge on any atom is -0.338 e. The molecule has 1 aliphatic rings. The van der Waals surface area contributed by atoms with Gasteiger partial charge in [0.05, 0.1) is 4.90 Å². The molecule has 0 saturated carbocycles. The van der Waals surface area contributed by atoms with E-state index in [4.69, 9.17) is 0 Å². The predicted molar refractivity (Wildman–Crippen MR) is 80.5 cm³/mol. The highest BCUT2D eigenvalue weighted by Crippen LogP contribution is 2.31. The van der Waals surface area contributed by atoms with Crippen molar-refractivity contribution in [3.63, 3.8) is 0 Å². The molecule has 0 bridgehead atoms. The summed E-state index contributed by atoms with van der Waals surface area (Å²) < 4.78 is 42.5. The van der Waals surface area contributed by atoms with Crippen molar-refractivity contribution in [2.75, 3.05) is 13.1 Å². The van der Waals surface area contributed by atoms with Gasteiger partial charge in [0.15, 0.2) is 0 Å². The molecule has 0 spiro atoms. The zero-order valence-corrected chi connectivity index (χ0v) is 13.3. The van der Waals surface area contributed by atoms with Gasteiger partial charge in [0, 0.05) is 44.0 Å². The molecular weight excluding hydrogens is 305 g/mol. The Labute approximate surface area is 129 Å². The van der Waals surface area contributed by atoms with Crippen molar-refractivity contribution in [1.29, 1.82) is 0 Å². The average Bonchev–Trinajstić information content (AvgIpc) is 3.10. The first-order valence-corrected chi connectivity index (χ1v) is 8.57. The van der Waals surface area contributed by atoms with Crippen molar-refractivity contribution in [3.05, 3.63) is 47.8 Å². The SMILES string of the molecule is Cc1c(F)cccc1S(=O)(=O)N1CC[C@H](c2nccn2C)C1. The summed E-state index contributed by atoms with van der Waals surface area (Å²) >= 11 is 0. The van der Waals surface area contributed by atoms with Crippen molar-refractivity contribution in [1.82, 2.24) is 13.9 Å². The van der Waals surface area contributed by atoms with E-state index in [0.29, 0.717) is 13.1 Å². The molecule has 1 aliphatic heterocycles. The molecule has 0 N–H and O–H groups in total. The van der Waals surface area contributed by atoms with E-state index in [0.717, 1.165) is 12.2 Å². The lowest BCUT2D eigenvalue weighted by Crippen LogP contribution is -2.29. The number of aryl methyl sites for hydroxylation is 1. The Morgan fingerprint density at radius 1 is 1.36 bits per heavy atom. The van der Waals surface area contributed by atoms with Gasteiger partial charge in [0.2, 0.25) is 10.0 Å². The van der Waals surface area contributed by atoms with Crippen molar-refractivity contribution in [3.8, 4) is 0 Å². The maximum atomic E-state index is 13.7. The third kappa shape index (κ3) is 2.44. The van der Waals surface area contributed by atoms with Crippen LogP contribution in [0.25, 0.3) is 0 Å². The molecule has 1 atom stereocenters. The van der Waals surface area contributed by atoms with E-state index in [1.54, 1.807) is 6.20 Å². The van der Waals surface area contributed by atoms with Crippen molar-refractivity contribution < 1.29 is 12.8 Å². The van der Waals surface area contributed by atoms with Gasteiger partial charge in [-0.25, -0.2) is 17.8 Å². The molecule has 2 aromatic rings. The van der Waals surface area contributed by atoms with Crippen LogP contribution in [0.5, 0.6) is 0 Å². The molecule has 1 saturated heterocycles. The Balaban J connectivity index is 1.89. The fourth-order valence-corrected chi connectivity index (χ4v) is 4.67. The van der Waals surface area contributed by atoms with E-state index in [-0.39, 0.29) is 16.4 Å².